The molecule has 2 aromatic carbocycles. The molecule has 1 fully saturated rings. The first-order valence-electron chi connectivity index (χ1n) is 10.6. The van der Waals surface area contributed by atoms with Gasteiger partial charge < -0.3 is 14.2 Å². The van der Waals surface area contributed by atoms with E-state index in [0.29, 0.717) is 12.2 Å². The number of non-ortho nitro benzene ring substituents is 1. The van der Waals surface area contributed by atoms with E-state index in [1.54, 1.807) is 6.07 Å². The highest BCUT2D eigenvalue weighted by molar-refractivity contribution is 7.89. The molecule has 1 N–H and O–H groups in total. The Hall–Kier alpha value is -3.61. The number of nitro benzene ring substituents is 1. The van der Waals surface area contributed by atoms with Crippen molar-refractivity contribution in [2.75, 3.05) is 26.9 Å². The molecule has 1 aliphatic heterocycles. The number of hydrogen-bond acceptors (Lipinski definition) is 9. The Kier molecular flexibility index (Phi) is 8.68. The molecule has 35 heavy (non-hydrogen) atoms. The number of methoxy groups -OCH3 is 1. The second kappa shape index (κ2) is 11.7. The van der Waals surface area contributed by atoms with E-state index in [1.807, 2.05) is 0 Å². The van der Waals surface area contributed by atoms with Crippen LogP contribution in [0.1, 0.15) is 28.8 Å². The summed E-state index contributed by atoms with van der Waals surface area (Å²) in [4.78, 5) is 34.1. The van der Waals surface area contributed by atoms with Crippen molar-refractivity contribution < 1.29 is 37.1 Å². The quantitative estimate of drug-likeness (QED) is 0.160. The minimum absolute atomic E-state index is 0.0955. The molecule has 1 aliphatic rings. The van der Waals surface area contributed by atoms with Crippen LogP contribution in [0, 0.1) is 10.1 Å². The molecule has 1 heterocycles. The Labute approximate surface area is 201 Å². The Balaban J connectivity index is 1.61. The summed E-state index contributed by atoms with van der Waals surface area (Å²) in [6, 6.07) is 9.28. The van der Waals surface area contributed by atoms with Gasteiger partial charge in [-0.2, -0.15) is 0 Å². The van der Waals surface area contributed by atoms with Gasteiger partial charge in [0.05, 0.1) is 18.1 Å². The van der Waals surface area contributed by atoms with Gasteiger partial charge in [0.2, 0.25) is 10.0 Å². The smallest absolute Gasteiger partial charge is 0.331 e. The Morgan fingerprint density at radius 2 is 1.97 bits per heavy atom. The Morgan fingerprint density at radius 1 is 1.23 bits per heavy atom. The van der Waals surface area contributed by atoms with Crippen molar-refractivity contribution in [3.05, 3.63) is 69.8 Å². The fourth-order valence-electron chi connectivity index (χ4n) is 3.29. The molecule has 0 bridgehead atoms. The molecule has 0 aliphatic carbocycles. The second-order valence-electron chi connectivity index (χ2n) is 7.57. The number of nitrogens with zero attached hydrogens (tertiary/aromatic N) is 1. The fraction of sp³-hybridized carbons (Fsp3) is 0.304. The molecular weight excluding hydrogens is 480 g/mol. The van der Waals surface area contributed by atoms with E-state index < -0.39 is 33.3 Å². The lowest BCUT2D eigenvalue weighted by Gasteiger charge is -2.14. The van der Waals surface area contributed by atoms with Gasteiger partial charge in [-0.25, -0.2) is 17.9 Å². The molecule has 3 rings (SSSR count). The topological polar surface area (TPSA) is 151 Å². The predicted molar refractivity (Wildman–Crippen MR) is 125 cm³/mol. The van der Waals surface area contributed by atoms with Crippen LogP contribution in [0.4, 0.5) is 5.69 Å². The van der Waals surface area contributed by atoms with Crippen molar-refractivity contribution >= 4 is 33.5 Å². The van der Waals surface area contributed by atoms with Crippen LogP contribution in [-0.2, 0) is 24.3 Å². The first kappa shape index (κ1) is 26.0. The van der Waals surface area contributed by atoms with Gasteiger partial charge >= 0.3 is 5.97 Å². The molecule has 1 unspecified atom stereocenters. The van der Waals surface area contributed by atoms with E-state index in [2.05, 4.69) is 4.72 Å². The number of nitro groups is 1. The number of nitrogens with one attached hydrogen (secondary N) is 1. The normalized spacial score (nSPS) is 15.7. The highest BCUT2D eigenvalue weighted by Gasteiger charge is 2.23. The predicted octanol–water partition coefficient (Wildman–Crippen LogP) is 2.50. The average molecular weight is 505 g/mol. The van der Waals surface area contributed by atoms with Crippen LogP contribution in [-0.4, -0.2) is 58.1 Å². The zero-order chi connectivity index (χ0) is 25.4. The molecule has 0 spiro atoms. The van der Waals surface area contributed by atoms with Gasteiger partial charge in [0.1, 0.15) is 10.6 Å². The van der Waals surface area contributed by atoms with Crippen molar-refractivity contribution in [1.29, 1.82) is 0 Å². The van der Waals surface area contributed by atoms with E-state index in [-0.39, 0.29) is 34.5 Å². The van der Waals surface area contributed by atoms with Crippen molar-refractivity contribution in [3.63, 3.8) is 0 Å². The number of esters is 1. The summed E-state index contributed by atoms with van der Waals surface area (Å²) in [6.07, 6.45) is 3.88. The fourth-order valence-corrected chi connectivity index (χ4v) is 4.56. The zero-order valence-electron chi connectivity index (χ0n) is 18.8. The summed E-state index contributed by atoms with van der Waals surface area (Å²) >= 11 is 0. The average Bonchev–Trinajstić information content (AvgIpc) is 3.38. The summed E-state index contributed by atoms with van der Waals surface area (Å²) in [5.74, 6) is -1.22. The van der Waals surface area contributed by atoms with Gasteiger partial charge in [0, 0.05) is 36.9 Å². The summed E-state index contributed by atoms with van der Waals surface area (Å²) in [5.41, 5.74) is 0.388. The van der Waals surface area contributed by atoms with Crippen molar-refractivity contribution in [3.8, 4) is 5.75 Å². The van der Waals surface area contributed by atoms with Gasteiger partial charge in [-0.05, 0) is 48.7 Å². The molecule has 186 valence electrons. The zero-order valence-corrected chi connectivity index (χ0v) is 19.7. The van der Waals surface area contributed by atoms with Crippen LogP contribution in [0.15, 0.2) is 53.4 Å². The van der Waals surface area contributed by atoms with Crippen molar-refractivity contribution in [1.82, 2.24) is 4.72 Å². The molecule has 1 saturated heterocycles. The summed E-state index contributed by atoms with van der Waals surface area (Å²) < 4.78 is 43.6. The van der Waals surface area contributed by atoms with E-state index in [0.717, 1.165) is 18.9 Å². The molecule has 11 nitrogen and oxygen atoms in total. The van der Waals surface area contributed by atoms with Crippen LogP contribution >= 0.6 is 0 Å². The van der Waals surface area contributed by atoms with Gasteiger partial charge in [0.25, 0.3) is 5.69 Å². The van der Waals surface area contributed by atoms with Crippen LogP contribution in [0.5, 0.6) is 5.75 Å². The highest BCUT2D eigenvalue weighted by Crippen LogP contribution is 2.26. The number of ether oxygens (including phenoxy) is 3. The van der Waals surface area contributed by atoms with Gasteiger partial charge in [-0.1, -0.05) is 6.07 Å². The summed E-state index contributed by atoms with van der Waals surface area (Å²) in [6.45, 7) is 0.183. The first-order chi connectivity index (χ1) is 16.7. The summed E-state index contributed by atoms with van der Waals surface area (Å²) in [5, 5.41) is 10.7. The molecule has 1 atom stereocenters. The van der Waals surface area contributed by atoms with E-state index >= 15 is 0 Å². The molecule has 0 amide bonds. The lowest BCUT2D eigenvalue weighted by Crippen LogP contribution is -2.32. The van der Waals surface area contributed by atoms with Crippen LogP contribution in [0.25, 0.3) is 6.08 Å². The molecular formula is C23H24N2O9S. The van der Waals surface area contributed by atoms with Crippen molar-refractivity contribution in [2.24, 2.45) is 0 Å². The third kappa shape index (κ3) is 7.18. The minimum atomic E-state index is -3.90. The van der Waals surface area contributed by atoms with E-state index in [9.17, 15) is 28.1 Å². The van der Waals surface area contributed by atoms with Crippen LogP contribution < -0.4 is 9.46 Å². The second-order valence-corrected chi connectivity index (χ2v) is 9.30. The Bertz CT molecular complexity index is 1220. The molecule has 0 aromatic heterocycles. The third-order valence-corrected chi connectivity index (χ3v) is 6.60. The molecule has 0 saturated carbocycles. The maximum Gasteiger partial charge on any atom is 0.331 e. The monoisotopic (exact) mass is 504 g/mol. The number of carbonyl (C=O) groups excluding carboxylic acids is 2. The first-order valence-corrected chi connectivity index (χ1v) is 12.1. The summed E-state index contributed by atoms with van der Waals surface area (Å²) in [7, 11) is -2.55. The van der Waals surface area contributed by atoms with E-state index in [4.69, 9.17) is 14.2 Å². The third-order valence-electron chi connectivity index (χ3n) is 5.16. The van der Waals surface area contributed by atoms with Crippen molar-refractivity contribution in [2.45, 2.75) is 23.8 Å². The van der Waals surface area contributed by atoms with Gasteiger partial charge in [-0.15, -0.1) is 0 Å². The van der Waals surface area contributed by atoms with E-state index in [1.165, 1.54) is 49.6 Å². The number of ketones is 1. The molecule has 0 radical (unpaired) electrons. The highest BCUT2D eigenvalue weighted by atomic mass is 32.2. The maximum atomic E-state index is 12.8. The number of Topliss-reactive ketones (excluding diaryl/α,β-unsaturated/α-hetero) is 1. The number of rotatable bonds is 11. The number of sulfonamides is 1. The van der Waals surface area contributed by atoms with Gasteiger partial charge in [0.15, 0.2) is 12.4 Å². The molecule has 2 aromatic rings. The SMILES string of the molecule is COc1ccc(C=CC(=O)OCC(=O)c2ccc([N+](=O)[O-])cc2)cc1S(=O)(=O)NCC1CCCO1. The lowest BCUT2D eigenvalue weighted by atomic mass is 10.1. The molecule has 12 heteroatoms. The largest absolute Gasteiger partial charge is 0.495 e. The lowest BCUT2D eigenvalue weighted by molar-refractivity contribution is -0.384. The van der Waals surface area contributed by atoms with Crippen LogP contribution in [0.2, 0.25) is 0 Å². The standard InChI is InChI=1S/C23H24N2O9S/c1-32-21-10-4-16(13-22(21)35(30,31)24-14-19-3-2-12-33-19)5-11-23(27)34-15-20(26)17-6-8-18(9-7-17)25(28)29/h4-11,13,19,24H,2-3,12,14-15H2,1H3. The Morgan fingerprint density at radius 3 is 2.60 bits per heavy atom. The minimum Gasteiger partial charge on any atom is -0.495 e. The van der Waals surface area contributed by atoms with Crippen LogP contribution in [0.3, 0.4) is 0 Å². The number of carbonyl (C=O) groups is 2. The van der Waals surface area contributed by atoms with Gasteiger partial charge in [-0.3, -0.25) is 14.9 Å². The number of hydrogen-bond donors (Lipinski definition) is 1. The number of benzene rings is 2. The maximum absolute atomic E-state index is 12.8.